The van der Waals surface area contributed by atoms with Gasteiger partial charge >= 0.3 is 0 Å². The largest absolute Gasteiger partial charge is 0.525 e. The number of hydrogen-bond donors (Lipinski definition) is 0. The van der Waals surface area contributed by atoms with Crippen LogP contribution in [0.3, 0.4) is 0 Å². The average molecular weight is 738 g/mol. The Labute approximate surface area is 267 Å². The molecule has 5 nitrogen and oxygen atoms in total. The first-order chi connectivity index (χ1) is 21.1. The van der Waals surface area contributed by atoms with Crippen molar-refractivity contribution in [1.82, 2.24) is 14.5 Å². The van der Waals surface area contributed by atoms with E-state index in [9.17, 15) is 0 Å². The second-order valence-corrected chi connectivity index (χ2v) is 12.8. The molecule has 6 heteroatoms. The summed E-state index contributed by atoms with van der Waals surface area (Å²) in [6.07, 6.45) is 5.23. The molecule has 5 aromatic rings. The summed E-state index contributed by atoms with van der Waals surface area (Å²) in [5, 5.41) is 2.21. The summed E-state index contributed by atoms with van der Waals surface area (Å²) in [6, 6.07) is 29.6. The number of pyridine rings is 1. The molecule has 4 atom stereocenters. The number of nitrogens with zero attached hydrogens (tertiary/aromatic N) is 4. The van der Waals surface area contributed by atoms with Crippen LogP contribution in [-0.2, 0) is 26.5 Å². The summed E-state index contributed by atoms with van der Waals surface area (Å²) in [5.41, 5.74) is 3.98. The molecule has 3 aromatic carbocycles. The molecule has 1 aliphatic heterocycles. The maximum absolute atomic E-state index is 8.19. The number of para-hydroxylation sites is 1. The quantitative estimate of drug-likeness (QED) is 0.176. The van der Waals surface area contributed by atoms with Crippen LogP contribution in [0.4, 0.5) is 5.69 Å². The Kier molecular flexibility index (Phi) is 5.93. The third-order valence-electron chi connectivity index (χ3n) is 9.37. The minimum absolute atomic E-state index is 0. The van der Waals surface area contributed by atoms with Gasteiger partial charge in [-0.1, -0.05) is 44.5 Å². The Hall–Kier alpha value is -3.14. The van der Waals surface area contributed by atoms with Gasteiger partial charge in [-0.05, 0) is 72.6 Å². The molecule has 3 heterocycles. The minimum Gasteiger partial charge on any atom is -0.525 e. The molecule has 2 saturated carbocycles. The van der Waals surface area contributed by atoms with Crippen LogP contribution < -0.4 is 9.64 Å². The summed E-state index contributed by atoms with van der Waals surface area (Å²) < 4.78 is 33.1. The third kappa shape index (κ3) is 4.39. The maximum Gasteiger partial charge on any atom is 0.135 e. The van der Waals surface area contributed by atoms with E-state index in [2.05, 4.69) is 78.8 Å². The number of rotatable bonds is 4. The van der Waals surface area contributed by atoms with Crippen molar-refractivity contribution in [2.75, 3.05) is 11.9 Å². The van der Waals surface area contributed by atoms with Crippen molar-refractivity contribution in [2.45, 2.75) is 57.5 Å². The van der Waals surface area contributed by atoms with Crippen molar-refractivity contribution >= 4 is 27.5 Å². The van der Waals surface area contributed by atoms with Crippen molar-refractivity contribution in [3.63, 3.8) is 0 Å². The van der Waals surface area contributed by atoms with Crippen LogP contribution in [0.15, 0.2) is 72.9 Å². The fraction of sp³-hybridized carbons (Fsp3) is 0.333. The fourth-order valence-corrected chi connectivity index (χ4v) is 7.47. The molecular weight excluding hydrogens is 700 g/mol. The number of ether oxygens (including phenoxy) is 1. The molecule has 218 valence electrons. The molecule has 3 fully saturated rings. The molecule has 2 unspecified atom stereocenters. The third-order valence-corrected chi connectivity index (χ3v) is 9.37. The molecule has 0 radical (unpaired) electrons. The number of hydrogen-bond acceptors (Lipinski definition) is 4. The zero-order valence-corrected chi connectivity index (χ0v) is 26.2. The number of likely N-dealkylation sites (N-methyl/N-ethyl adjacent to an activating group) is 1. The van der Waals surface area contributed by atoms with Gasteiger partial charge in [0.1, 0.15) is 5.82 Å². The number of anilines is 1. The first-order valence-corrected chi connectivity index (χ1v) is 14.6. The topological polar surface area (TPSA) is 33.5 Å². The van der Waals surface area contributed by atoms with Crippen LogP contribution in [0.25, 0.3) is 27.6 Å². The molecule has 1 saturated heterocycles. The van der Waals surface area contributed by atoms with Gasteiger partial charge in [0.05, 0.1) is 0 Å². The second-order valence-electron chi connectivity index (χ2n) is 12.8. The van der Waals surface area contributed by atoms with E-state index in [-0.39, 0.29) is 38.6 Å². The Morgan fingerprint density at radius 1 is 0.929 bits per heavy atom. The van der Waals surface area contributed by atoms with Crippen molar-refractivity contribution in [1.29, 1.82) is 0 Å². The molecule has 2 aliphatic carbocycles. The molecule has 3 aliphatic rings. The summed E-state index contributed by atoms with van der Waals surface area (Å²) in [5.74, 6) is 2.91. The van der Waals surface area contributed by atoms with Gasteiger partial charge in [0.15, 0.2) is 0 Å². The smallest absolute Gasteiger partial charge is 0.135 e. The molecule has 2 bridgehead atoms. The van der Waals surface area contributed by atoms with E-state index in [1.54, 1.807) is 11.6 Å². The van der Waals surface area contributed by atoms with Crippen LogP contribution in [0.2, 0.25) is 0 Å². The summed E-state index contributed by atoms with van der Waals surface area (Å²) in [6.45, 7) is 6.26. The van der Waals surface area contributed by atoms with Crippen molar-refractivity contribution < 1.29 is 29.9 Å². The zero-order valence-electron chi connectivity index (χ0n) is 26.9. The van der Waals surface area contributed by atoms with Gasteiger partial charge in [0.2, 0.25) is 0 Å². The van der Waals surface area contributed by atoms with Gasteiger partial charge in [0.25, 0.3) is 0 Å². The van der Waals surface area contributed by atoms with Gasteiger partial charge in [0, 0.05) is 60.5 Å². The van der Waals surface area contributed by atoms with E-state index in [4.69, 9.17) is 13.8 Å². The van der Waals surface area contributed by atoms with Crippen molar-refractivity contribution in [3.8, 4) is 17.3 Å². The van der Waals surface area contributed by atoms with E-state index >= 15 is 0 Å². The Morgan fingerprint density at radius 2 is 1.74 bits per heavy atom. The number of aromatic nitrogens is 2. The van der Waals surface area contributed by atoms with Gasteiger partial charge in [-0.3, -0.25) is 0 Å². The maximum atomic E-state index is 8.19. The standard InChI is InChI=1S/C36H35N4O.Pt/c1-36(2,3)25-16-17-37-33(19-25)40-31-11-6-5-10-29(31)30-15-14-28(21-32(30)40)41-27-9-7-8-26(20-27)39-22-38(4)34-23-12-13-24(18-23)35(34)39;/h5-11,14-17,19,22-24,34-35H,12-13,18H2,1-4H3;/q-3;/t23?,24-,34?,35+;/m1./s1/i4D3;. The fourth-order valence-electron chi connectivity index (χ4n) is 7.47. The molecule has 2 aromatic heterocycles. The Balaban J connectivity index is 0.00000325. The van der Waals surface area contributed by atoms with Crippen molar-refractivity contribution in [2.24, 2.45) is 11.8 Å². The zero-order chi connectivity index (χ0) is 30.4. The predicted octanol–water partition coefficient (Wildman–Crippen LogP) is 7.90. The number of fused-ring (bicyclic) bond motifs is 8. The first-order valence-electron chi connectivity index (χ1n) is 16.1. The molecule has 8 rings (SSSR count). The van der Waals surface area contributed by atoms with Crippen LogP contribution in [-0.4, -0.2) is 33.5 Å². The van der Waals surface area contributed by atoms with Crippen LogP contribution in [0.5, 0.6) is 11.5 Å². The first kappa shape index (κ1) is 24.3. The number of benzene rings is 3. The summed E-state index contributed by atoms with van der Waals surface area (Å²) in [4.78, 5) is 8.52. The average Bonchev–Trinajstić information content (AvgIpc) is 3.76. The summed E-state index contributed by atoms with van der Waals surface area (Å²) >= 11 is 0. The van der Waals surface area contributed by atoms with Crippen molar-refractivity contribution in [3.05, 3.63) is 97.3 Å². The van der Waals surface area contributed by atoms with E-state index in [0.29, 0.717) is 23.3 Å². The van der Waals surface area contributed by atoms with E-state index in [1.807, 2.05) is 36.5 Å². The molecule has 0 spiro atoms. The summed E-state index contributed by atoms with van der Waals surface area (Å²) in [7, 11) is 0. The molecule has 0 amide bonds. The van der Waals surface area contributed by atoms with Crippen LogP contribution in [0, 0.1) is 30.6 Å². The SMILES string of the molecule is [2H]C([2H])([2H])N1[CH-]N(c2[c-]c(Oc3[c-]c4c(cc3)c3ccccc3n4-c3cc(C(C)(C)C)ccn3)ccc2)[C@@H]2C1C1CC[C@@H]2C1.[Pt]. The van der Waals surface area contributed by atoms with Gasteiger partial charge in [-0.15, -0.1) is 35.3 Å². The van der Waals surface area contributed by atoms with Crippen LogP contribution >= 0.6 is 0 Å². The van der Waals surface area contributed by atoms with E-state index in [1.165, 1.54) is 5.56 Å². The van der Waals surface area contributed by atoms with E-state index < -0.39 is 6.98 Å². The van der Waals surface area contributed by atoms with Gasteiger partial charge in [-0.2, -0.15) is 24.9 Å². The normalized spacial score (nSPS) is 24.8. The van der Waals surface area contributed by atoms with Gasteiger partial charge < -0.3 is 19.1 Å². The Morgan fingerprint density at radius 3 is 2.57 bits per heavy atom. The predicted molar refractivity (Wildman–Crippen MR) is 164 cm³/mol. The molecule has 42 heavy (non-hydrogen) atoms. The monoisotopic (exact) mass is 737 g/mol. The van der Waals surface area contributed by atoms with Gasteiger partial charge in [-0.25, -0.2) is 4.98 Å². The Bertz CT molecular complexity index is 1900. The molecular formula is C36H35N4OPt-3. The second kappa shape index (κ2) is 10.2. The minimum atomic E-state index is -2.17. The molecule has 0 N–H and O–H groups in total. The van der Waals surface area contributed by atoms with E-state index in [0.717, 1.165) is 52.6 Å². The van der Waals surface area contributed by atoms with Crippen LogP contribution in [0.1, 0.15) is 49.7 Å².